The number of hydrazone groups is 1. The molecule has 0 unspecified atom stereocenters. The molecule has 20 heavy (non-hydrogen) atoms. The first-order valence-corrected chi connectivity index (χ1v) is 7.05. The quantitative estimate of drug-likeness (QED) is 0.565. The summed E-state index contributed by atoms with van der Waals surface area (Å²) in [5.74, 6) is 0. The summed E-state index contributed by atoms with van der Waals surface area (Å²) in [5, 5.41) is 3.77. The molecule has 2 amide bonds. The number of hydrogen-bond acceptors (Lipinski definition) is 3. The fourth-order valence-corrected chi connectivity index (χ4v) is 1.93. The van der Waals surface area contributed by atoms with Crippen molar-refractivity contribution in [3.63, 3.8) is 0 Å². The van der Waals surface area contributed by atoms with Crippen LogP contribution in [-0.2, 0) is 6.54 Å². The lowest BCUT2D eigenvalue weighted by Gasteiger charge is -2.20. The number of urea groups is 1. The predicted octanol–water partition coefficient (Wildman–Crippen LogP) is 2.31. The first kappa shape index (κ1) is 16.2. The lowest BCUT2D eigenvalue weighted by Crippen LogP contribution is -2.24. The number of carbonyl (C=O) groups excluding carboxylic acids is 1. The van der Waals surface area contributed by atoms with Crippen LogP contribution in [0.2, 0.25) is 0 Å². The van der Waals surface area contributed by atoms with Gasteiger partial charge in [-0.25, -0.2) is 10.2 Å². The van der Waals surface area contributed by atoms with Crippen molar-refractivity contribution in [3.8, 4) is 0 Å². The highest BCUT2D eigenvalue weighted by molar-refractivity contribution is 5.81. The van der Waals surface area contributed by atoms with E-state index in [0.29, 0.717) is 0 Å². The number of hydrogen-bond donors (Lipinski definition) is 2. The first-order valence-electron chi connectivity index (χ1n) is 7.05. The molecular formula is C15H24N4O. The van der Waals surface area contributed by atoms with Crippen molar-refractivity contribution in [3.05, 3.63) is 35.4 Å². The van der Waals surface area contributed by atoms with Crippen LogP contribution in [0.4, 0.5) is 4.79 Å². The highest BCUT2D eigenvalue weighted by atomic mass is 16.2. The largest absolute Gasteiger partial charge is 0.350 e. The molecule has 0 aliphatic rings. The minimum Gasteiger partial charge on any atom is -0.350 e. The molecule has 0 fully saturated rings. The maximum atomic E-state index is 10.5. The van der Waals surface area contributed by atoms with Crippen molar-refractivity contribution in [1.82, 2.24) is 10.3 Å². The van der Waals surface area contributed by atoms with Gasteiger partial charge in [0.15, 0.2) is 0 Å². The maximum Gasteiger partial charge on any atom is 0.332 e. The van der Waals surface area contributed by atoms with Crippen molar-refractivity contribution in [2.75, 3.05) is 13.1 Å². The molecule has 0 aliphatic heterocycles. The summed E-state index contributed by atoms with van der Waals surface area (Å²) in [7, 11) is 0. The Morgan fingerprint density at radius 1 is 1.45 bits per heavy atom. The predicted molar refractivity (Wildman–Crippen MR) is 82.6 cm³/mol. The Balaban J connectivity index is 2.62. The number of carbonyl (C=O) groups is 1. The lowest BCUT2D eigenvalue weighted by molar-refractivity contribution is 0.249. The summed E-state index contributed by atoms with van der Waals surface area (Å²) in [4.78, 5) is 12.9. The average Bonchev–Trinajstić information content (AvgIpc) is 2.43. The van der Waals surface area contributed by atoms with Crippen LogP contribution in [-0.4, -0.2) is 30.2 Å². The number of amides is 2. The Labute approximate surface area is 120 Å². The zero-order valence-electron chi connectivity index (χ0n) is 12.3. The molecule has 1 rings (SSSR count). The summed E-state index contributed by atoms with van der Waals surface area (Å²) < 4.78 is 0. The monoisotopic (exact) mass is 276 g/mol. The van der Waals surface area contributed by atoms with E-state index >= 15 is 0 Å². The summed E-state index contributed by atoms with van der Waals surface area (Å²) in [6.07, 6.45) is 4.02. The Bertz CT molecular complexity index is 445. The van der Waals surface area contributed by atoms with Gasteiger partial charge in [0.25, 0.3) is 0 Å². The number of rotatable bonds is 8. The van der Waals surface area contributed by atoms with E-state index in [4.69, 9.17) is 5.73 Å². The molecule has 0 radical (unpaired) electrons. The van der Waals surface area contributed by atoms with Gasteiger partial charge in [0.2, 0.25) is 0 Å². The van der Waals surface area contributed by atoms with Gasteiger partial charge in [0.1, 0.15) is 0 Å². The van der Waals surface area contributed by atoms with Gasteiger partial charge < -0.3 is 5.73 Å². The van der Waals surface area contributed by atoms with E-state index in [1.807, 2.05) is 12.1 Å². The van der Waals surface area contributed by atoms with Crippen molar-refractivity contribution < 1.29 is 4.79 Å². The van der Waals surface area contributed by atoms with Gasteiger partial charge >= 0.3 is 6.03 Å². The van der Waals surface area contributed by atoms with Gasteiger partial charge in [-0.05, 0) is 36.7 Å². The molecule has 0 bridgehead atoms. The fourth-order valence-electron chi connectivity index (χ4n) is 1.93. The first-order chi connectivity index (χ1) is 9.65. The Morgan fingerprint density at radius 2 is 2.25 bits per heavy atom. The molecule has 1 aromatic rings. The van der Waals surface area contributed by atoms with Gasteiger partial charge in [-0.2, -0.15) is 5.10 Å². The molecular weight excluding hydrogens is 252 g/mol. The van der Waals surface area contributed by atoms with E-state index in [1.54, 1.807) is 6.21 Å². The Kier molecular flexibility index (Phi) is 7.35. The van der Waals surface area contributed by atoms with Crippen LogP contribution in [0.3, 0.4) is 0 Å². The van der Waals surface area contributed by atoms with Gasteiger partial charge in [-0.3, -0.25) is 4.90 Å². The second-order valence-corrected chi connectivity index (χ2v) is 4.70. The van der Waals surface area contributed by atoms with E-state index in [9.17, 15) is 4.79 Å². The molecule has 5 heteroatoms. The van der Waals surface area contributed by atoms with E-state index in [-0.39, 0.29) is 0 Å². The molecule has 3 N–H and O–H groups in total. The molecule has 5 nitrogen and oxygen atoms in total. The van der Waals surface area contributed by atoms with E-state index in [2.05, 4.69) is 41.4 Å². The second kappa shape index (κ2) is 9.09. The summed E-state index contributed by atoms with van der Waals surface area (Å²) in [6.45, 7) is 7.48. The molecule has 110 valence electrons. The lowest BCUT2D eigenvalue weighted by atomic mass is 10.1. The van der Waals surface area contributed by atoms with Crippen molar-refractivity contribution in [2.45, 2.75) is 33.2 Å². The molecule has 0 heterocycles. The van der Waals surface area contributed by atoms with Crippen LogP contribution in [0.25, 0.3) is 0 Å². The third-order valence-corrected chi connectivity index (χ3v) is 3.02. The second-order valence-electron chi connectivity index (χ2n) is 4.70. The highest BCUT2D eigenvalue weighted by Crippen LogP contribution is 2.08. The molecule has 0 atom stereocenters. The third kappa shape index (κ3) is 6.33. The Morgan fingerprint density at radius 3 is 2.90 bits per heavy atom. The number of primary amides is 1. The third-order valence-electron chi connectivity index (χ3n) is 3.02. The number of nitrogens with two attached hydrogens (primary N) is 1. The highest BCUT2D eigenvalue weighted by Gasteiger charge is 2.03. The normalized spacial score (nSPS) is 11.2. The van der Waals surface area contributed by atoms with Crippen molar-refractivity contribution in [2.24, 2.45) is 10.8 Å². The molecule has 1 aromatic carbocycles. The Hall–Kier alpha value is -1.88. The van der Waals surface area contributed by atoms with Gasteiger partial charge in [0.05, 0.1) is 6.21 Å². The molecule has 0 saturated heterocycles. The van der Waals surface area contributed by atoms with Gasteiger partial charge in [-0.1, -0.05) is 38.5 Å². The number of unbranched alkanes of at least 4 members (excludes halogenated alkanes) is 1. The molecule has 0 aromatic heterocycles. The molecule has 0 saturated carbocycles. The van der Waals surface area contributed by atoms with E-state index in [0.717, 1.165) is 25.2 Å². The van der Waals surface area contributed by atoms with Gasteiger partial charge in [-0.15, -0.1) is 0 Å². The molecule has 0 aliphatic carbocycles. The number of benzene rings is 1. The standard InChI is InChI=1S/C15H24N4O/c1-3-5-9-19(4-2)12-14-8-6-7-13(10-14)11-17-18-15(16)20/h6-8,10-11H,3-5,9,12H2,1-2H3,(H3,16,18,20). The van der Waals surface area contributed by atoms with Crippen LogP contribution in [0.15, 0.2) is 29.4 Å². The SMILES string of the molecule is CCCCN(CC)Cc1cccc(C=NNC(N)=O)c1. The number of nitrogens with zero attached hydrogens (tertiary/aromatic N) is 2. The van der Waals surface area contributed by atoms with Crippen LogP contribution in [0, 0.1) is 0 Å². The summed E-state index contributed by atoms with van der Waals surface area (Å²) >= 11 is 0. The van der Waals surface area contributed by atoms with Crippen LogP contribution in [0.5, 0.6) is 0 Å². The van der Waals surface area contributed by atoms with Crippen LogP contribution < -0.4 is 11.2 Å². The minimum atomic E-state index is -0.658. The summed E-state index contributed by atoms with van der Waals surface area (Å²) in [6, 6.07) is 7.45. The van der Waals surface area contributed by atoms with Crippen LogP contribution in [0.1, 0.15) is 37.8 Å². The fraction of sp³-hybridized carbons (Fsp3) is 0.467. The van der Waals surface area contributed by atoms with Crippen molar-refractivity contribution >= 4 is 12.2 Å². The van der Waals surface area contributed by atoms with E-state index in [1.165, 1.54) is 18.4 Å². The topological polar surface area (TPSA) is 70.7 Å². The average molecular weight is 276 g/mol. The van der Waals surface area contributed by atoms with Gasteiger partial charge in [0, 0.05) is 6.54 Å². The smallest absolute Gasteiger partial charge is 0.332 e. The number of nitrogens with one attached hydrogen (secondary N) is 1. The zero-order valence-corrected chi connectivity index (χ0v) is 12.3. The zero-order chi connectivity index (χ0) is 14.8. The molecule has 0 spiro atoms. The van der Waals surface area contributed by atoms with Crippen molar-refractivity contribution in [1.29, 1.82) is 0 Å². The van der Waals surface area contributed by atoms with E-state index < -0.39 is 6.03 Å². The van der Waals surface area contributed by atoms with Crippen LogP contribution >= 0.6 is 0 Å². The maximum absolute atomic E-state index is 10.5. The summed E-state index contributed by atoms with van der Waals surface area (Å²) in [5.41, 5.74) is 9.33. The minimum absolute atomic E-state index is 0.658.